The minimum absolute atomic E-state index is 0.803. The average molecular weight is 300 g/mol. The van der Waals surface area contributed by atoms with E-state index < -0.39 is 0 Å². The molecule has 0 spiro atoms. The Morgan fingerprint density at radius 2 is 1.17 bits per heavy atom. The largest absolute Gasteiger partial charge is 0.357 e. The third-order valence-electron chi connectivity index (χ3n) is 3.77. The second-order valence-electron chi connectivity index (χ2n) is 5.30. The lowest BCUT2D eigenvalue weighted by molar-refractivity contribution is 0.243. The third kappa shape index (κ3) is 2.77. The van der Waals surface area contributed by atoms with Crippen molar-refractivity contribution in [2.75, 3.05) is 5.17 Å². The highest BCUT2D eigenvalue weighted by molar-refractivity contribution is 5.67. The van der Waals surface area contributed by atoms with Gasteiger partial charge < -0.3 is 4.84 Å². The predicted octanol–water partition coefficient (Wildman–Crippen LogP) is 4.61. The zero-order chi connectivity index (χ0) is 15.5. The molecule has 1 aliphatic rings. The molecule has 0 aromatic heterocycles. The molecule has 112 valence electrons. The van der Waals surface area contributed by atoms with Gasteiger partial charge in [-0.05, 0) is 23.3 Å². The molecule has 1 aliphatic heterocycles. The summed E-state index contributed by atoms with van der Waals surface area (Å²) in [4.78, 5) is 5.86. The van der Waals surface area contributed by atoms with Crippen molar-refractivity contribution in [3.05, 3.63) is 96.7 Å². The molecular weight excluding hydrogens is 284 g/mol. The minimum Gasteiger partial charge on any atom is -0.357 e. The Bertz CT molecular complexity index is 811. The first kappa shape index (κ1) is 13.5. The van der Waals surface area contributed by atoms with Gasteiger partial charge in [0.1, 0.15) is 0 Å². The van der Waals surface area contributed by atoms with Crippen LogP contribution in [-0.4, -0.2) is 0 Å². The van der Waals surface area contributed by atoms with Crippen LogP contribution < -0.4 is 10.6 Å². The maximum atomic E-state index is 5.86. The summed E-state index contributed by atoms with van der Waals surface area (Å²) in [5.41, 5.74) is 7.52. The van der Waals surface area contributed by atoms with Gasteiger partial charge in [0.2, 0.25) is 0 Å². The van der Waals surface area contributed by atoms with E-state index in [0.29, 0.717) is 0 Å². The summed E-state index contributed by atoms with van der Waals surface area (Å²) < 4.78 is 0. The number of rotatable bonds is 3. The number of hydrogen-bond acceptors (Lipinski definition) is 3. The number of hydrazine groups is 1. The Hall–Kier alpha value is -3.20. The number of hydrogen-bond donors (Lipinski definition) is 1. The maximum Gasteiger partial charge on any atom is 0.182 e. The van der Waals surface area contributed by atoms with Crippen LogP contribution >= 0.6 is 0 Å². The van der Waals surface area contributed by atoms with Gasteiger partial charge in [-0.1, -0.05) is 72.8 Å². The number of anilines is 1. The summed E-state index contributed by atoms with van der Waals surface area (Å²) in [6.45, 7) is 0. The van der Waals surface area contributed by atoms with E-state index in [0.717, 1.165) is 17.0 Å². The van der Waals surface area contributed by atoms with Crippen molar-refractivity contribution < 1.29 is 4.84 Å². The highest BCUT2D eigenvalue weighted by Crippen LogP contribution is 2.27. The molecule has 3 nitrogen and oxygen atoms in total. The zero-order valence-corrected chi connectivity index (χ0v) is 12.5. The van der Waals surface area contributed by atoms with E-state index in [1.807, 2.05) is 66.9 Å². The van der Waals surface area contributed by atoms with E-state index in [4.69, 9.17) is 4.84 Å². The van der Waals surface area contributed by atoms with E-state index in [9.17, 15) is 0 Å². The van der Waals surface area contributed by atoms with E-state index in [-0.39, 0.29) is 0 Å². The fourth-order valence-corrected chi connectivity index (χ4v) is 2.55. The molecule has 0 radical (unpaired) electrons. The molecule has 3 aromatic carbocycles. The Kier molecular flexibility index (Phi) is 3.45. The normalized spacial score (nSPS) is 13.2. The minimum atomic E-state index is 0.803. The van der Waals surface area contributed by atoms with Crippen molar-refractivity contribution in [3.8, 4) is 11.1 Å². The lowest BCUT2D eigenvalue weighted by Crippen LogP contribution is -2.27. The van der Waals surface area contributed by atoms with E-state index in [1.165, 1.54) is 11.1 Å². The molecule has 1 heterocycles. The Labute approximate surface area is 135 Å². The van der Waals surface area contributed by atoms with Crippen molar-refractivity contribution in [2.24, 2.45) is 0 Å². The molecule has 0 fully saturated rings. The van der Waals surface area contributed by atoms with Crippen LogP contribution in [0.2, 0.25) is 0 Å². The van der Waals surface area contributed by atoms with E-state index >= 15 is 0 Å². The number of benzene rings is 3. The fraction of sp³-hybridized carbons (Fsp3) is 0. The lowest BCUT2D eigenvalue weighted by Gasteiger charge is -2.18. The lowest BCUT2D eigenvalue weighted by atomic mass is 10.1. The highest BCUT2D eigenvalue weighted by atomic mass is 16.7. The van der Waals surface area contributed by atoms with Crippen LogP contribution in [0.4, 0.5) is 5.69 Å². The summed E-state index contributed by atoms with van der Waals surface area (Å²) in [6, 6.07) is 28.6. The van der Waals surface area contributed by atoms with Crippen molar-refractivity contribution >= 4 is 11.4 Å². The molecule has 0 atom stereocenters. The monoisotopic (exact) mass is 300 g/mol. The molecule has 0 saturated carbocycles. The molecule has 3 heteroatoms. The van der Waals surface area contributed by atoms with Gasteiger partial charge in [0.05, 0.1) is 11.9 Å². The van der Waals surface area contributed by atoms with Gasteiger partial charge >= 0.3 is 0 Å². The summed E-state index contributed by atoms with van der Waals surface area (Å²) in [7, 11) is 0. The summed E-state index contributed by atoms with van der Waals surface area (Å²) in [5.74, 6) is 0.803. The van der Waals surface area contributed by atoms with Crippen LogP contribution in [-0.2, 0) is 4.84 Å². The molecule has 0 saturated heterocycles. The summed E-state index contributed by atoms with van der Waals surface area (Å²) in [6.07, 6.45) is 1.86. The first-order valence-electron chi connectivity index (χ1n) is 7.55. The van der Waals surface area contributed by atoms with Crippen molar-refractivity contribution in [2.45, 2.75) is 0 Å². The molecule has 1 N–H and O–H groups in total. The van der Waals surface area contributed by atoms with Crippen molar-refractivity contribution in [1.82, 2.24) is 5.43 Å². The molecule has 0 bridgehead atoms. The molecule has 3 aromatic rings. The molecule has 0 amide bonds. The summed E-state index contributed by atoms with van der Waals surface area (Å²) >= 11 is 0. The third-order valence-corrected chi connectivity index (χ3v) is 3.77. The molecule has 23 heavy (non-hydrogen) atoms. The smallest absolute Gasteiger partial charge is 0.182 e. The number of nitrogens with one attached hydrogen (secondary N) is 1. The van der Waals surface area contributed by atoms with E-state index in [1.54, 1.807) is 5.17 Å². The average Bonchev–Trinajstić information content (AvgIpc) is 3.14. The van der Waals surface area contributed by atoms with Gasteiger partial charge in [-0.15, -0.1) is 5.17 Å². The van der Waals surface area contributed by atoms with Gasteiger partial charge in [-0.2, -0.15) is 0 Å². The van der Waals surface area contributed by atoms with Gasteiger partial charge in [-0.25, -0.2) is 0 Å². The highest BCUT2D eigenvalue weighted by Gasteiger charge is 2.17. The maximum absolute atomic E-state index is 5.86. The SMILES string of the molecule is C1=C(c2ccccc2)ON(c2ccc(-c3ccccc3)cc2)N1. The topological polar surface area (TPSA) is 24.5 Å². The van der Waals surface area contributed by atoms with Crippen molar-refractivity contribution in [1.29, 1.82) is 0 Å². The second kappa shape index (κ2) is 5.89. The van der Waals surface area contributed by atoms with Gasteiger partial charge in [0.25, 0.3) is 0 Å². The Morgan fingerprint density at radius 3 is 1.83 bits per heavy atom. The first-order chi connectivity index (χ1) is 11.4. The quantitative estimate of drug-likeness (QED) is 0.764. The predicted molar refractivity (Wildman–Crippen MR) is 93.0 cm³/mol. The second-order valence-corrected chi connectivity index (χ2v) is 5.30. The van der Waals surface area contributed by atoms with Crippen LogP contribution in [0.25, 0.3) is 16.9 Å². The van der Waals surface area contributed by atoms with Gasteiger partial charge in [-0.3, -0.25) is 5.43 Å². The zero-order valence-electron chi connectivity index (χ0n) is 12.5. The van der Waals surface area contributed by atoms with Crippen LogP contribution in [0.1, 0.15) is 5.56 Å². The van der Waals surface area contributed by atoms with Crippen LogP contribution in [0.15, 0.2) is 91.1 Å². The number of nitrogens with zero attached hydrogens (tertiary/aromatic N) is 1. The molecule has 0 aliphatic carbocycles. The van der Waals surface area contributed by atoms with E-state index in [2.05, 4.69) is 29.7 Å². The first-order valence-corrected chi connectivity index (χ1v) is 7.55. The van der Waals surface area contributed by atoms with Gasteiger partial charge in [0, 0.05) is 5.56 Å². The molecule has 4 rings (SSSR count). The molecular formula is C20H16N2O. The fourth-order valence-electron chi connectivity index (χ4n) is 2.55. The van der Waals surface area contributed by atoms with Crippen molar-refractivity contribution in [3.63, 3.8) is 0 Å². The van der Waals surface area contributed by atoms with Crippen LogP contribution in [0, 0.1) is 0 Å². The van der Waals surface area contributed by atoms with Crippen LogP contribution in [0.5, 0.6) is 0 Å². The van der Waals surface area contributed by atoms with Gasteiger partial charge in [0.15, 0.2) is 5.76 Å². The Balaban J connectivity index is 1.50. The standard InChI is InChI=1S/C20H16N2O/c1-3-7-16(8-4-1)17-11-13-19(14-12-17)22-21-15-20(23-22)18-9-5-2-6-10-18/h1-15,21H. The molecule has 0 unspecified atom stereocenters. The van der Waals surface area contributed by atoms with Crippen LogP contribution in [0.3, 0.4) is 0 Å². The Morgan fingerprint density at radius 1 is 0.609 bits per heavy atom. The summed E-state index contributed by atoms with van der Waals surface area (Å²) in [5, 5.41) is 1.66.